The number of nitrogens with one attached hydrogen (secondary N) is 1. The molecule has 0 unspecified atom stereocenters. The Balaban J connectivity index is 1.82. The van der Waals surface area contributed by atoms with Crippen molar-refractivity contribution in [1.29, 1.82) is 0 Å². The molecule has 1 aromatic heterocycles. The molecule has 0 aliphatic carbocycles. The Morgan fingerprint density at radius 2 is 1.83 bits per heavy atom. The van der Waals surface area contributed by atoms with Gasteiger partial charge in [0.2, 0.25) is 0 Å². The van der Waals surface area contributed by atoms with E-state index in [1.54, 1.807) is 11.1 Å². The number of carbonyl (C=O) groups excluding carboxylic acids is 1. The van der Waals surface area contributed by atoms with Crippen molar-refractivity contribution in [3.8, 4) is 5.75 Å². The van der Waals surface area contributed by atoms with Crippen molar-refractivity contribution in [1.82, 2.24) is 9.88 Å². The molecule has 0 aliphatic heterocycles. The number of rotatable bonds is 7. The highest BCUT2D eigenvalue weighted by atomic mass is 16.5. The van der Waals surface area contributed by atoms with Crippen molar-refractivity contribution < 1.29 is 9.53 Å². The molecule has 5 nitrogen and oxygen atoms in total. The first-order chi connectivity index (χ1) is 14.0. The van der Waals surface area contributed by atoms with Crippen LogP contribution in [0.2, 0.25) is 0 Å². The topological polar surface area (TPSA) is 54.5 Å². The minimum absolute atomic E-state index is 0.0185. The smallest absolute Gasteiger partial charge is 0.322 e. The average molecular weight is 389 g/mol. The van der Waals surface area contributed by atoms with Crippen LogP contribution in [0, 0.1) is 6.92 Å². The van der Waals surface area contributed by atoms with Gasteiger partial charge in [-0.1, -0.05) is 48.0 Å². The zero-order valence-corrected chi connectivity index (χ0v) is 17.1. The summed E-state index contributed by atoms with van der Waals surface area (Å²) in [5.41, 5.74) is 3.72. The molecular weight excluding hydrogens is 362 g/mol. The molecule has 1 N–H and O–H groups in total. The fraction of sp³-hybridized carbons (Fsp3) is 0.250. The molecule has 0 saturated heterocycles. The van der Waals surface area contributed by atoms with Crippen LogP contribution in [0.1, 0.15) is 30.7 Å². The van der Waals surface area contributed by atoms with Crippen LogP contribution in [0.25, 0.3) is 0 Å². The summed E-state index contributed by atoms with van der Waals surface area (Å²) in [6.07, 6.45) is 1.76. The molecule has 0 bridgehead atoms. The van der Waals surface area contributed by atoms with E-state index in [2.05, 4.69) is 16.4 Å². The molecule has 5 heteroatoms. The number of carbonyl (C=O) groups is 1. The maximum absolute atomic E-state index is 13.2. The molecule has 0 saturated carbocycles. The highest BCUT2D eigenvalue weighted by Crippen LogP contribution is 2.25. The molecule has 2 aromatic carbocycles. The second-order valence-electron chi connectivity index (χ2n) is 7.26. The second-order valence-corrected chi connectivity index (χ2v) is 7.26. The monoisotopic (exact) mass is 389 g/mol. The molecule has 0 spiro atoms. The van der Waals surface area contributed by atoms with Crippen LogP contribution in [0.3, 0.4) is 0 Å². The van der Waals surface area contributed by atoms with Gasteiger partial charge >= 0.3 is 6.03 Å². The van der Waals surface area contributed by atoms with Gasteiger partial charge in [-0.05, 0) is 50.6 Å². The van der Waals surface area contributed by atoms with E-state index in [0.29, 0.717) is 24.5 Å². The normalized spacial score (nSPS) is 10.6. The summed E-state index contributed by atoms with van der Waals surface area (Å²) in [5, 5.41) is 3.01. The van der Waals surface area contributed by atoms with E-state index in [0.717, 1.165) is 16.8 Å². The minimum atomic E-state index is -0.197. The average Bonchev–Trinajstić information content (AvgIpc) is 2.69. The van der Waals surface area contributed by atoms with Gasteiger partial charge in [-0.2, -0.15) is 0 Å². The van der Waals surface area contributed by atoms with Gasteiger partial charge < -0.3 is 15.0 Å². The first-order valence-corrected chi connectivity index (χ1v) is 9.78. The Kier molecular flexibility index (Phi) is 6.85. The quantitative estimate of drug-likeness (QED) is 0.588. The molecule has 150 valence electrons. The van der Waals surface area contributed by atoms with Gasteiger partial charge in [0.1, 0.15) is 5.75 Å². The molecule has 29 heavy (non-hydrogen) atoms. The van der Waals surface area contributed by atoms with Crippen molar-refractivity contribution in [2.45, 2.75) is 40.0 Å². The number of amides is 2. The Labute approximate surface area is 172 Å². The summed E-state index contributed by atoms with van der Waals surface area (Å²) in [6, 6.07) is 21.2. The van der Waals surface area contributed by atoms with E-state index in [4.69, 9.17) is 4.74 Å². The summed E-state index contributed by atoms with van der Waals surface area (Å²) in [7, 11) is 0. The standard InChI is InChI=1S/C24H27N3O2/c1-18(2)29-23-13-5-4-12-22(23)26-24(28)27(17-21-11-6-7-14-25-21)16-20-10-8-9-19(3)15-20/h4-15,18H,16-17H2,1-3H3,(H,26,28). The summed E-state index contributed by atoms with van der Waals surface area (Å²) in [6.45, 7) is 6.87. The number of aromatic nitrogens is 1. The van der Waals surface area contributed by atoms with Gasteiger partial charge in [-0.3, -0.25) is 4.98 Å². The fourth-order valence-corrected chi connectivity index (χ4v) is 3.04. The molecule has 0 aliphatic rings. The zero-order valence-electron chi connectivity index (χ0n) is 17.1. The van der Waals surface area contributed by atoms with Crippen LogP contribution in [0.5, 0.6) is 5.75 Å². The third-order valence-corrected chi connectivity index (χ3v) is 4.31. The maximum atomic E-state index is 13.2. The van der Waals surface area contributed by atoms with E-state index in [-0.39, 0.29) is 12.1 Å². The van der Waals surface area contributed by atoms with Crippen LogP contribution in [-0.4, -0.2) is 22.0 Å². The number of urea groups is 1. The first-order valence-electron chi connectivity index (χ1n) is 9.78. The van der Waals surface area contributed by atoms with Crippen molar-refractivity contribution >= 4 is 11.7 Å². The third-order valence-electron chi connectivity index (χ3n) is 4.31. The van der Waals surface area contributed by atoms with Crippen LogP contribution in [0.15, 0.2) is 72.9 Å². The van der Waals surface area contributed by atoms with Crippen LogP contribution in [0.4, 0.5) is 10.5 Å². The van der Waals surface area contributed by atoms with Crippen molar-refractivity contribution in [3.05, 3.63) is 89.7 Å². The lowest BCUT2D eigenvalue weighted by atomic mass is 10.1. The summed E-state index contributed by atoms with van der Waals surface area (Å²) < 4.78 is 5.83. The van der Waals surface area contributed by atoms with Crippen molar-refractivity contribution in [2.24, 2.45) is 0 Å². The number of ether oxygens (including phenoxy) is 1. The number of para-hydroxylation sites is 2. The Morgan fingerprint density at radius 1 is 1.03 bits per heavy atom. The van der Waals surface area contributed by atoms with Crippen molar-refractivity contribution in [2.75, 3.05) is 5.32 Å². The lowest BCUT2D eigenvalue weighted by Crippen LogP contribution is -2.34. The number of aryl methyl sites for hydroxylation is 1. The van der Waals surface area contributed by atoms with E-state index >= 15 is 0 Å². The number of nitrogens with zero attached hydrogens (tertiary/aromatic N) is 2. The molecule has 2 amide bonds. The molecular formula is C24H27N3O2. The van der Waals surface area contributed by atoms with Crippen LogP contribution < -0.4 is 10.1 Å². The van der Waals surface area contributed by atoms with Gasteiger partial charge in [0.25, 0.3) is 0 Å². The Morgan fingerprint density at radius 3 is 2.55 bits per heavy atom. The van der Waals surface area contributed by atoms with Gasteiger partial charge in [0, 0.05) is 12.7 Å². The largest absolute Gasteiger partial charge is 0.489 e. The van der Waals surface area contributed by atoms with E-state index in [1.807, 2.05) is 81.4 Å². The molecule has 0 atom stereocenters. The first kappa shape index (κ1) is 20.4. The van der Waals surface area contributed by atoms with Crippen LogP contribution in [-0.2, 0) is 13.1 Å². The number of hydrogen-bond acceptors (Lipinski definition) is 3. The van der Waals surface area contributed by atoms with E-state index < -0.39 is 0 Å². The van der Waals surface area contributed by atoms with Gasteiger partial charge in [0.15, 0.2) is 0 Å². The number of pyridine rings is 1. The Bertz CT molecular complexity index is 942. The minimum Gasteiger partial charge on any atom is -0.489 e. The summed E-state index contributed by atoms with van der Waals surface area (Å²) in [4.78, 5) is 19.3. The molecule has 3 rings (SSSR count). The number of anilines is 1. The van der Waals surface area contributed by atoms with Crippen molar-refractivity contribution in [3.63, 3.8) is 0 Å². The highest BCUT2D eigenvalue weighted by molar-refractivity contribution is 5.91. The third kappa shape index (κ3) is 6.07. The van der Waals surface area contributed by atoms with Gasteiger partial charge in [-0.25, -0.2) is 4.79 Å². The fourth-order valence-electron chi connectivity index (χ4n) is 3.04. The lowest BCUT2D eigenvalue weighted by Gasteiger charge is -2.24. The second kappa shape index (κ2) is 9.73. The SMILES string of the molecule is Cc1cccc(CN(Cc2ccccn2)C(=O)Nc2ccccc2OC(C)C)c1. The number of hydrogen-bond donors (Lipinski definition) is 1. The number of benzene rings is 2. The predicted octanol–water partition coefficient (Wildman–Crippen LogP) is 5.41. The molecule has 1 heterocycles. The molecule has 0 fully saturated rings. The summed E-state index contributed by atoms with van der Waals surface area (Å²) >= 11 is 0. The van der Waals surface area contributed by atoms with Gasteiger partial charge in [0.05, 0.1) is 24.0 Å². The Hall–Kier alpha value is -3.34. The maximum Gasteiger partial charge on any atom is 0.322 e. The zero-order chi connectivity index (χ0) is 20.6. The lowest BCUT2D eigenvalue weighted by molar-refractivity contribution is 0.205. The van der Waals surface area contributed by atoms with Crippen LogP contribution >= 0.6 is 0 Å². The predicted molar refractivity (Wildman–Crippen MR) is 116 cm³/mol. The van der Waals surface area contributed by atoms with Gasteiger partial charge in [-0.15, -0.1) is 0 Å². The summed E-state index contributed by atoms with van der Waals surface area (Å²) in [5.74, 6) is 0.657. The highest BCUT2D eigenvalue weighted by Gasteiger charge is 2.17. The van der Waals surface area contributed by atoms with E-state index in [1.165, 1.54) is 0 Å². The molecule has 0 radical (unpaired) electrons. The molecule has 3 aromatic rings. The van der Waals surface area contributed by atoms with E-state index in [9.17, 15) is 4.79 Å².